The van der Waals surface area contributed by atoms with Gasteiger partial charge in [-0.15, -0.1) is 24.5 Å². The average molecular weight is 611 g/mol. The molecule has 0 spiro atoms. The highest BCUT2D eigenvalue weighted by atomic mass is 32.2. The Bertz CT molecular complexity index is 1440. The third kappa shape index (κ3) is 6.80. The molecule has 0 amide bonds. The highest BCUT2D eigenvalue weighted by Gasteiger charge is 2.57. The van der Waals surface area contributed by atoms with Gasteiger partial charge in [-0.3, -0.25) is 4.79 Å². The predicted octanol–water partition coefficient (Wildman–Crippen LogP) is 8.25. The quantitative estimate of drug-likeness (QED) is 0.190. The second-order valence-corrected chi connectivity index (χ2v) is 20.3. The first-order valence-corrected chi connectivity index (χ1v) is 19.3. The van der Waals surface area contributed by atoms with E-state index in [1.807, 2.05) is 30.3 Å². The van der Waals surface area contributed by atoms with E-state index in [1.54, 1.807) is 18.2 Å². The van der Waals surface area contributed by atoms with Gasteiger partial charge in [-0.05, 0) is 60.2 Å². The van der Waals surface area contributed by atoms with Crippen molar-refractivity contribution in [2.24, 2.45) is 5.92 Å². The Hall–Kier alpha value is -2.63. The van der Waals surface area contributed by atoms with Crippen molar-refractivity contribution in [1.29, 1.82) is 0 Å². The van der Waals surface area contributed by atoms with Crippen molar-refractivity contribution >= 4 is 35.2 Å². The summed E-state index contributed by atoms with van der Waals surface area (Å²) in [7, 11) is -5.25. The first-order chi connectivity index (χ1) is 18.6. The Labute approximate surface area is 238 Å². The number of rotatable bonds is 8. The number of ether oxygens (including phenoxy) is 2. The molecule has 3 aromatic rings. The number of thiophene rings is 1. The molecular formula is C29H33F3O5S2Si. The molecule has 1 aromatic heterocycles. The Balaban J connectivity index is 1.65. The van der Waals surface area contributed by atoms with Crippen LogP contribution in [0.3, 0.4) is 0 Å². The van der Waals surface area contributed by atoms with Gasteiger partial charge in [0.1, 0.15) is 5.75 Å². The van der Waals surface area contributed by atoms with Crippen LogP contribution in [0.4, 0.5) is 13.2 Å². The summed E-state index contributed by atoms with van der Waals surface area (Å²) < 4.78 is 74.5. The topological polar surface area (TPSA) is 69.7 Å². The van der Waals surface area contributed by atoms with Crippen LogP contribution < -0.4 is 4.74 Å². The third-order valence-electron chi connectivity index (χ3n) is 7.04. The van der Waals surface area contributed by atoms with Crippen LogP contribution in [-0.2, 0) is 24.3 Å². The SMILES string of the molecule is CC(=O)O[C@@]1(c2ccc(-c3ccc(-c4ccc(OC(F)(F)F)cc4)cc3)s2)C(CC[Si](C)(C)C)CCCS1(=O)=O. The van der Waals surface area contributed by atoms with Crippen molar-refractivity contribution < 1.29 is 35.9 Å². The van der Waals surface area contributed by atoms with Gasteiger partial charge in [-0.25, -0.2) is 8.42 Å². The fourth-order valence-electron chi connectivity index (χ4n) is 5.18. The third-order valence-corrected chi connectivity index (χ3v) is 12.6. The number of hydrogen-bond acceptors (Lipinski definition) is 6. The van der Waals surface area contributed by atoms with Crippen molar-refractivity contribution in [2.75, 3.05) is 5.75 Å². The molecule has 11 heteroatoms. The van der Waals surface area contributed by atoms with Gasteiger partial charge in [0.15, 0.2) is 9.84 Å². The van der Waals surface area contributed by atoms with Crippen LogP contribution in [0.25, 0.3) is 21.6 Å². The second kappa shape index (κ2) is 11.3. The van der Waals surface area contributed by atoms with E-state index in [1.165, 1.54) is 30.4 Å². The van der Waals surface area contributed by atoms with Crippen molar-refractivity contribution in [2.45, 2.75) is 63.2 Å². The summed E-state index contributed by atoms with van der Waals surface area (Å²) >= 11 is 1.31. The molecule has 1 saturated heterocycles. The number of sulfone groups is 1. The van der Waals surface area contributed by atoms with Crippen LogP contribution in [0.2, 0.25) is 25.7 Å². The zero-order valence-electron chi connectivity index (χ0n) is 22.9. The van der Waals surface area contributed by atoms with Gasteiger partial charge in [0.2, 0.25) is 4.93 Å². The Morgan fingerprint density at radius 1 is 0.975 bits per heavy atom. The maximum Gasteiger partial charge on any atom is 0.573 e. The van der Waals surface area contributed by atoms with Crippen LogP contribution in [0.1, 0.15) is 31.1 Å². The summed E-state index contributed by atoms with van der Waals surface area (Å²) in [6.07, 6.45) is -2.85. The lowest BCUT2D eigenvalue weighted by Crippen LogP contribution is -2.50. The minimum atomic E-state index is -4.75. The van der Waals surface area contributed by atoms with E-state index in [0.717, 1.165) is 27.6 Å². The largest absolute Gasteiger partial charge is 0.573 e. The molecule has 5 nitrogen and oxygen atoms in total. The molecule has 1 aliphatic heterocycles. The number of alkyl halides is 3. The summed E-state index contributed by atoms with van der Waals surface area (Å²) in [6, 6.07) is 17.6. The highest BCUT2D eigenvalue weighted by Crippen LogP contribution is 2.51. The van der Waals surface area contributed by atoms with E-state index in [4.69, 9.17) is 4.74 Å². The Morgan fingerprint density at radius 2 is 1.55 bits per heavy atom. The molecule has 1 fully saturated rings. The molecule has 0 saturated carbocycles. The van der Waals surface area contributed by atoms with Crippen LogP contribution in [0, 0.1) is 5.92 Å². The fourth-order valence-corrected chi connectivity index (χ4v) is 10.2. The van der Waals surface area contributed by atoms with Gasteiger partial charge in [0.05, 0.1) is 10.6 Å². The lowest BCUT2D eigenvalue weighted by Gasteiger charge is -2.42. The Morgan fingerprint density at radius 3 is 2.10 bits per heavy atom. The second-order valence-electron chi connectivity index (χ2n) is 11.3. The van der Waals surface area contributed by atoms with Gasteiger partial charge < -0.3 is 9.47 Å². The fraction of sp³-hybridized carbons (Fsp3) is 0.414. The summed E-state index contributed by atoms with van der Waals surface area (Å²) in [5.74, 6) is -1.26. The van der Waals surface area contributed by atoms with Gasteiger partial charge in [0.25, 0.3) is 0 Å². The van der Waals surface area contributed by atoms with E-state index >= 15 is 0 Å². The monoisotopic (exact) mass is 610 g/mol. The molecule has 1 aliphatic rings. The molecule has 0 bridgehead atoms. The van der Waals surface area contributed by atoms with Crippen molar-refractivity contribution in [3.05, 3.63) is 65.5 Å². The molecule has 0 N–H and O–H groups in total. The molecular weight excluding hydrogens is 578 g/mol. The smallest absolute Gasteiger partial charge is 0.437 e. The van der Waals surface area contributed by atoms with E-state index in [0.29, 0.717) is 24.1 Å². The van der Waals surface area contributed by atoms with Crippen molar-refractivity contribution in [3.8, 4) is 27.3 Å². The van der Waals surface area contributed by atoms with E-state index in [2.05, 4.69) is 24.4 Å². The number of benzene rings is 2. The first kappa shape index (κ1) is 30.3. The van der Waals surface area contributed by atoms with Gasteiger partial charge in [-0.1, -0.05) is 62.1 Å². The van der Waals surface area contributed by atoms with E-state index in [9.17, 15) is 26.4 Å². The highest BCUT2D eigenvalue weighted by molar-refractivity contribution is 7.92. The number of esters is 1. The lowest BCUT2D eigenvalue weighted by molar-refractivity contribution is -0.274. The number of halogens is 3. The minimum absolute atomic E-state index is 0.0293. The number of carbonyl (C=O) groups is 1. The van der Waals surface area contributed by atoms with Crippen LogP contribution in [0.5, 0.6) is 5.75 Å². The maximum absolute atomic E-state index is 13.7. The molecule has 2 aromatic carbocycles. The number of hydrogen-bond donors (Lipinski definition) is 0. The molecule has 40 heavy (non-hydrogen) atoms. The van der Waals surface area contributed by atoms with Crippen LogP contribution in [0.15, 0.2) is 60.7 Å². The average Bonchev–Trinajstić information content (AvgIpc) is 3.34. The molecule has 2 heterocycles. The van der Waals surface area contributed by atoms with Gasteiger partial charge in [0, 0.05) is 25.8 Å². The molecule has 2 atom stereocenters. The first-order valence-electron chi connectivity index (χ1n) is 13.1. The van der Waals surface area contributed by atoms with Crippen molar-refractivity contribution in [1.82, 2.24) is 0 Å². The van der Waals surface area contributed by atoms with Gasteiger partial charge >= 0.3 is 12.3 Å². The summed E-state index contributed by atoms with van der Waals surface area (Å²) in [6.45, 7) is 8.00. The van der Waals surface area contributed by atoms with Crippen molar-refractivity contribution in [3.63, 3.8) is 0 Å². The molecule has 0 aliphatic carbocycles. The Kier molecular flexibility index (Phi) is 8.59. The van der Waals surface area contributed by atoms with Crippen LogP contribution >= 0.6 is 11.3 Å². The van der Waals surface area contributed by atoms with Crippen LogP contribution in [-0.4, -0.2) is 34.6 Å². The summed E-state index contributed by atoms with van der Waals surface area (Å²) in [4.78, 5) is 12.0. The van der Waals surface area contributed by atoms with E-state index < -0.39 is 35.2 Å². The normalized spacial score (nSPS) is 21.1. The summed E-state index contributed by atoms with van der Waals surface area (Å²) in [5, 5.41) is 0. The van der Waals surface area contributed by atoms with Gasteiger partial charge in [-0.2, -0.15) is 0 Å². The molecule has 4 rings (SSSR count). The zero-order chi connectivity index (χ0) is 29.3. The summed E-state index contributed by atoms with van der Waals surface area (Å²) in [5.41, 5.74) is 2.37. The molecule has 1 unspecified atom stereocenters. The maximum atomic E-state index is 13.7. The standard InChI is InChI=1S/C29H33F3O5S2Si/c1-20(33)36-28(24(17-19-40(2,3)4)6-5-18-39(28,34)35)27-16-15-26(38-27)23-9-7-21(8-10-23)22-11-13-25(14-12-22)37-29(30,31)32/h7-16,24H,5-6,17-19H2,1-4H3/t24?,28-/m0/s1. The van der Waals surface area contributed by atoms with E-state index in [-0.39, 0.29) is 17.4 Å². The molecule has 216 valence electrons. The predicted molar refractivity (Wildman–Crippen MR) is 155 cm³/mol. The number of carbonyl (C=O) groups excluding carboxylic acids is 1. The lowest BCUT2D eigenvalue weighted by atomic mass is 9.91. The molecule has 0 radical (unpaired) electrons. The minimum Gasteiger partial charge on any atom is -0.437 e. The zero-order valence-corrected chi connectivity index (χ0v) is 25.5.